The summed E-state index contributed by atoms with van der Waals surface area (Å²) in [6.45, 7) is 4.30. The van der Waals surface area contributed by atoms with E-state index in [0.717, 1.165) is 0 Å². The van der Waals surface area contributed by atoms with E-state index in [1.165, 1.54) is 7.11 Å². The molecule has 1 fully saturated rings. The van der Waals surface area contributed by atoms with Crippen molar-refractivity contribution in [2.45, 2.75) is 44.9 Å². The Hall–Kier alpha value is -1.14. The van der Waals surface area contributed by atoms with Crippen LogP contribution in [-0.2, 0) is 19.1 Å². The molecular weight excluding hydrogens is 238 g/mol. The molecule has 6 heteroatoms. The quantitative estimate of drug-likeness (QED) is 0.697. The highest BCUT2D eigenvalue weighted by Gasteiger charge is 2.39. The number of hydrogen-bond donors (Lipinski definition) is 1. The normalized spacial score (nSPS) is 25.8. The average molecular weight is 259 g/mol. The number of rotatable bonds is 5. The Kier molecular flexibility index (Phi) is 5.55. The summed E-state index contributed by atoms with van der Waals surface area (Å²) >= 11 is 0. The van der Waals surface area contributed by atoms with Crippen LogP contribution >= 0.6 is 0 Å². The number of methoxy groups -OCH3 is 1. The molecule has 1 rings (SSSR count). The number of carbonyl (C=O) groups is 2. The van der Waals surface area contributed by atoms with Crippen LogP contribution in [0.25, 0.3) is 0 Å². The van der Waals surface area contributed by atoms with Crippen molar-refractivity contribution in [1.82, 2.24) is 4.90 Å². The van der Waals surface area contributed by atoms with Gasteiger partial charge in [-0.3, -0.25) is 14.5 Å². The molecule has 1 heterocycles. The summed E-state index contributed by atoms with van der Waals surface area (Å²) < 4.78 is 9.58. The fourth-order valence-electron chi connectivity index (χ4n) is 2.27. The van der Waals surface area contributed by atoms with Crippen LogP contribution in [0, 0.1) is 0 Å². The van der Waals surface area contributed by atoms with E-state index in [9.17, 15) is 14.7 Å². The topological polar surface area (TPSA) is 76.1 Å². The molecule has 0 amide bonds. The van der Waals surface area contributed by atoms with Crippen molar-refractivity contribution >= 4 is 11.9 Å². The maximum absolute atomic E-state index is 11.6. The standard InChI is InChI=1S/C12H21NO5/c1-4-18-11(15)5-8(2)13-7-9(14)6-10(13)12(16)17-3/h8-10,14H,4-7H2,1-3H3. The van der Waals surface area contributed by atoms with E-state index >= 15 is 0 Å². The third kappa shape index (κ3) is 3.68. The van der Waals surface area contributed by atoms with Crippen LogP contribution in [-0.4, -0.2) is 60.4 Å². The summed E-state index contributed by atoms with van der Waals surface area (Å²) in [5, 5.41) is 9.64. The Labute approximate surface area is 107 Å². The minimum Gasteiger partial charge on any atom is -0.468 e. The third-order valence-corrected chi connectivity index (χ3v) is 3.12. The van der Waals surface area contributed by atoms with Gasteiger partial charge in [-0.25, -0.2) is 0 Å². The smallest absolute Gasteiger partial charge is 0.323 e. The number of aliphatic hydroxyl groups excluding tert-OH is 1. The molecule has 0 aromatic heterocycles. The number of aliphatic hydroxyl groups is 1. The van der Waals surface area contributed by atoms with Gasteiger partial charge in [0.05, 0.1) is 26.2 Å². The molecule has 0 spiro atoms. The van der Waals surface area contributed by atoms with E-state index in [1.54, 1.807) is 11.8 Å². The molecule has 0 aliphatic carbocycles. The van der Waals surface area contributed by atoms with Crippen LogP contribution in [0.15, 0.2) is 0 Å². The van der Waals surface area contributed by atoms with Crippen LogP contribution in [0.5, 0.6) is 0 Å². The first-order valence-electron chi connectivity index (χ1n) is 6.16. The average Bonchev–Trinajstić information content (AvgIpc) is 2.70. The summed E-state index contributed by atoms with van der Waals surface area (Å²) in [4.78, 5) is 24.8. The zero-order chi connectivity index (χ0) is 13.7. The molecule has 0 aromatic carbocycles. The lowest BCUT2D eigenvalue weighted by Gasteiger charge is -2.28. The molecule has 6 nitrogen and oxygen atoms in total. The lowest BCUT2D eigenvalue weighted by atomic mass is 10.1. The molecule has 3 unspecified atom stereocenters. The molecule has 0 saturated carbocycles. The van der Waals surface area contributed by atoms with Gasteiger partial charge in [-0.15, -0.1) is 0 Å². The summed E-state index contributed by atoms with van der Waals surface area (Å²) in [5.41, 5.74) is 0. The fraction of sp³-hybridized carbons (Fsp3) is 0.833. The van der Waals surface area contributed by atoms with Crippen LogP contribution < -0.4 is 0 Å². The molecule has 1 saturated heterocycles. The van der Waals surface area contributed by atoms with Crippen LogP contribution in [0.1, 0.15) is 26.7 Å². The first-order valence-corrected chi connectivity index (χ1v) is 6.16. The zero-order valence-corrected chi connectivity index (χ0v) is 11.1. The molecular formula is C12H21NO5. The maximum atomic E-state index is 11.6. The monoisotopic (exact) mass is 259 g/mol. The number of esters is 2. The van der Waals surface area contributed by atoms with Gasteiger partial charge in [0, 0.05) is 19.0 Å². The summed E-state index contributed by atoms with van der Waals surface area (Å²) in [6, 6.07) is -0.639. The maximum Gasteiger partial charge on any atom is 0.323 e. The lowest BCUT2D eigenvalue weighted by molar-refractivity contribution is -0.149. The molecule has 0 aromatic rings. The first kappa shape index (κ1) is 14.9. The van der Waals surface area contributed by atoms with Crippen LogP contribution in [0.3, 0.4) is 0 Å². The number of nitrogens with zero attached hydrogens (tertiary/aromatic N) is 1. The minimum absolute atomic E-state index is 0.162. The van der Waals surface area contributed by atoms with Gasteiger partial charge in [0.1, 0.15) is 6.04 Å². The molecule has 0 radical (unpaired) electrons. The van der Waals surface area contributed by atoms with Crippen molar-refractivity contribution in [3.05, 3.63) is 0 Å². The van der Waals surface area contributed by atoms with Crippen molar-refractivity contribution in [3.8, 4) is 0 Å². The predicted octanol–water partition coefficient (Wildman–Crippen LogP) is -0.0637. The molecule has 104 valence electrons. The minimum atomic E-state index is -0.557. The second-order valence-corrected chi connectivity index (χ2v) is 4.48. The molecule has 0 bridgehead atoms. The van der Waals surface area contributed by atoms with Crippen molar-refractivity contribution in [3.63, 3.8) is 0 Å². The third-order valence-electron chi connectivity index (χ3n) is 3.12. The molecule has 18 heavy (non-hydrogen) atoms. The molecule has 1 N–H and O–H groups in total. The number of hydrogen-bond acceptors (Lipinski definition) is 6. The van der Waals surface area contributed by atoms with Gasteiger partial charge in [0.2, 0.25) is 0 Å². The Bertz CT molecular complexity index is 307. The number of β-amino-alcohol motifs (C(OH)–C–C–N with tert-alkyl or cyclic N) is 1. The van der Waals surface area contributed by atoms with E-state index < -0.39 is 12.1 Å². The van der Waals surface area contributed by atoms with Crippen LogP contribution in [0.4, 0.5) is 0 Å². The zero-order valence-electron chi connectivity index (χ0n) is 11.1. The van der Waals surface area contributed by atoms with Crippen molar-refractivity contribution in [1.29, 1.82) is 0 Å². The Balaban J connectivity index is 2.61. The van der Waals surface area contributed by atoms with Gasteiger partial charge in [-0.1, -0.05) is 0 Å². The second-order valence-electron chi connectivity index (χ2n) is 4.48. The largest absolute Gasteiger partial charge is 0.468 e. The van der Waals surface area contributed by atoms with Gasteiger partial charge >= 0.3 is 11.9 Å². The van der Waals surface area contributed by atoms with Crippen molar-refractivity contribution < 1.29 is 24.2 Å². The number of likely N-dealkylation sites (tertiary alicyclic amines) is 1. The summed E-state index contributed by atoms with van der Waals surface area (Å²) in [7, 11) is 1.32. The fourth-order valence-corrected chi connectivity index (χ4v) is 2.27. The van der Waals surface area contributed by atoms with Gasteiger partial charge in [-0.05, 0) is 13.8 Å². The Morgan fingerprint density at radius 3 is 2.72 bits per heavy atom. The Morgan fingerprint density at radius 1 is 1.50 bits per heavy atom. The van der Waals surface area contributed by atoms with Gasteiger partial charge in [0.25, 0.3) is 0 Å². The summed E-state index contributed by atoms with van der Waals surface area (Å²) in [6.07, 6.45) is -0.00722. The second kappa shape index (κ2) is 6.70. The number of carbonyl (C=O) groups excluding carboxylic acids is 2. The lowest BCUT2D eigenvalue weighted by Crippen LogP contribution is -2.43. The SMILES string of the molecule is CCOC(=O)CC(C)N1CC(O)CC1C(=O)OC. The van der Waals surface area contributed by atoms with Gasteiger partial charge < -0.3 is 14.6 Å². The molecule has 1 aliphatic heterocycles. The van der Waals surface area contributed by atoms with E-state index in [-0.39, 0.29) is 24.4 Å². The van der Waals surface area contributed by atoms with Gasteiger partial charge in [-0.2, -0.15) is 0 Å². The van der Waals surface area contributed by atoms with Crippen LogP contribution in [0.2, 0.25) is 0 Å². The highest BCUT2D eigenvalue weighted by molar-refractivity contribution is 5.76. The van der Waals surface area contributed by atoms with Crippen molar-refractivity contribution in [2.75, 3.05) is 20.3 Å². The Morgan fingerprint density at radius 2 is 2.17 bits per heavy atom. The van der Waals surface area contributed by atoms with E-state index in [2.05, 4.69) is 0 Å². The van der Waals surface area contributed by atoms with Gasteiger partial charge in [0.15, 0.2) is 0 Å². The predicted molar refractivity (Wildman–Crippen MR) is 63.8 cm³/mol. The summed E-state index contributed by atoms with van der Waals surface area (Å²) in [5.74, 6) is -0.669. The van der Waals surface area contributed by atoms with E-state index in [0.29, 0.717) is 19.6 Å². The molecule has 3 atom stereocenters. The number of ether oxygens (including phenoxy) is 2. The highest BCUT2D eigenvalue weighted by atomic mass is 16.5. The highest BCUT2D eigenvalue weighted by Crippen LogP contribution is 2.23. The van der Waals surface area contributed by atoms with Crippen molar-refractivity contribution in [2.24, 2.45) is 0 Å². The first-order chi connectivity index (χ1) is 8.49. The molecule has 1 aliphatic rings. The van der Waals surface area contributed by atoms with E-state index in [4.69, 9.17) is 9.47 Å². The van der Waals surface area contributed by atoms with E-state index in [1.807, 2.05) is 6.92 Å².